The van der Waals surface area contributed by atoms with Crippen molar-refractivity contribution in [2.75, 3.05) is 4.72 Å². The van der Waals surface area contributed by atoms with Crippen molar-refractivity contribution in [3.8, 4) is 0 Å². The van der Waals surface area contributed by atoms with E-state index in [9.17, 15) is 8.42 Å². The third kappa shape index (κ3) is 4.02. The molecule has 19 heavy (non-hydrogen) atoms. The standard InChI is InChI=1S/C12H15N3O2S2/c1-9-7-18-12(14-9)15-19(16,17)8-11-4-2-3-10(5-11)6-13/h2-5,7H,6,8,13H2,1H3,(H,14,15). The van der Waals surface area contributed by atoms with E-state index in [-0.39, 0.29) is 5.75 Å². The van der Waals surface area contributed by atoms with Gasteiger partial charge < -0.3 is 5.73 Å². The highest BCUT2D eigenvalue weighted by Gasteiger charge is 2.13. The Morgan fingerprint density at radius 1 is 1.37 bits per heavy atom. The second kappa shape index (κ2) is 5.68. The fraction of sp³-hybridized carbons (Fsp3) is 0.250. The van der Waals surface area contributed by atoms with E-state index in [1.807, 2.05) is 13.0 Å². The zero-order valence-corrected chi connectivity index (χ0v) is 12.1. The van der Waals surface area contributed by atoms with E-state index < -0.39 is 10.0 Å². The summed E-state index contributed by atoms with van der Waals surface area (Å²) in [7, 11) is -3.44. The first-order valence-corrected chi connectivity index (χ1v) is 8.22. The number of benzene rings is 1. The fourth-order valence-electron chi connectivity index (χ4n) is 1.64. The number of nitrogens with one attached hydrogen (secondary N) is 1. The maximum atomic E-state index is 12.0. The van der Waals surface area contributed by atoms with Crippen molar-refractivity contribution in [2.45, 2.75) is 19.2 Å². The van der Waals surface area contributed by atoms with E-state index in [4.69, 9.17) is 5.73 Å². The lowest BCUT2D eigenvalue weighted by Gasteiger charge is -2.06. The molecule has 0 amide bonds. The largest absolute Gasteiger partial charge is 0.326 e. The predicted molar refractivity (Wildman–Crippen MR) is 77.4 cm³/mol. The number of rotatable bonds is 5. The summed E-state index contributed by atoms with van der Waals surface area (Å²) in [4.78, 5) is 4.08. The fourth-order valence-corrected chi connectivity index (χ4v) is 3.74. The predicted octanol–water partition coefficient (Wildman–Crippen LogP) is 1.85. The molecule has 7 heteroatoms. The van der Waals surface area contributed by atoms with Crippen molar-refractivity contribution in [2.24, 2.45) is 5.73 Å². The normalized spacial score (nSPS) is 11.5. The van der Waals surface area contributed by atoms with Crippen LogP contribution in [-0.2, 0) is 22.3 Å². The van der Waals surface area contributed by atoms with Gasteiger partial charge in [-0.3, -0.25) is 4.72 Å². The van der Waals surface area contributed by atoms with Crippen LogP contribution >= 0.6 is 11.3 Å². The Kier molecular flexibility index (Phi) is 4.18. The molecule has 0 radical (unpaired) electrons. The van der Waals surface area contributed by atoms with Crippen LogP contribution in [0.1, 0.15) is 16.8 Å². The second-order valence-electron chi connectivity index (χ2n) is 4.18. The molecule has 0 aliphatic carbocycles. The number of hydrogen-bond acceptors (Lipinski definition) is 5. The quantitative estimate of drug-likeness (QED) is 0.882. The zero-order chi connectivity index (χ0) is 13.9. The highest BCUT2D eigenvalue weighted by atomic mass is 32.2. The van der Waals surface area contributed by atoms with E-state index in [1.165, 1.54) is 11.3 Å². The maximum absolute atomic E-state index is 12.0. The Morgan fingerprint density at radius 2 is 2.11 bits per heavy atom. The molecule has 102 valence electrons. The topological polar surface area (TPSA) is 85.1 Å². The minimum absolute atomic E-state index is 0.0839. The van der Waals surface area contributed by atoms with Crippen LogP contribution in [0.2, 0.25) is 0 Å². The second-order valence-corrected chi connectivity index (χ2v) is 6.76. The average Bonchev–Trinajstić information content (AvgIpc) is 2.73. The monoisotopic (exact) mass is 297 g/mol. The van der Waals surface area contributed by atoms with E-state index in [0.717, 1.165) is 11.3 Å². The van der Waals surface area contributed by atoms with Gasteiger partial charge in [0.1, 0.15) is 0 Å². The number of anilines is 1. The van der Waals surface area contributed by atoms with Gasteiger partial charge in [0, 0.05) is 11.9 Å². The summed E-state index contributed by atoms with van der Waals surface area (Å²) in [6.07, 6.45) is 0. The Balaban J connectivity index is 2.12. The molecule has 5 nitrogen and oxygen atoms in total. The molecular weight excluding hydrogens is 282 g/mol. The number of hydrogen-bond donors (Lipinski definition) is 2. The Labute approximate surface area is 116 Å². The van der Waals surface area contributed by atoms with Gasteiger partial charge in [-0.15, -0.1) is 11.3 Å². The van der Waals surface area contributed by atoms with Gasteiger partial charge in [-0.2, -0.15) is 0 Å². The molecule has 0 atom stereocenters. The molecule has 2 rings (SSSR count). The first kappa shape index (κ1) is 14.0. The van der Waals surface area contributed by atoms with Crippen molar-refractivity contribution in [1.29, 1.82) is 0 Å². The summed E-state index contributed by atoms with van der Waals surface area (Å²) in [5.41, 5.74) is 7.96. The number of sulfonamides is 1. The van der Waals surface area contributed by atoms with Gasteiger partial charge >= 0.3 is 0 Å². The minimum atomic E-state index is -3.44. The number of thiazole rings is 1. The van der Waals surface area contributed by atoms with Gasteiger partial charge in [0.2, 0.25) is 10.0 Å². The molecule has 0 spiro atoms. The molecule has 1 aromatic heterocycles. The molecule has 0 aliphatic rings. The highest BCUT2D eigenvalue weighted by Crippen LogP contribution is 2.18. The molecule has 1 heterocycles. The molecule has 0 saturated carbocycles. The van der Waals surface area contributed by atoms with Crippen molar-refractivity contribution < 1.29 is 8.42 Å². The number of nitrogens with zero attached hydrogens (tertiary/aromatic N) is 1. The van der Waals surface area contributed by atoms with E-state index in [1.54, 1.807) is 23.6 Å². The maximum Gasteiger partial charge on any atom is 0.238 e. The van der Waals surface area contributed by atoms with Crippen molar-refractivity contribution in [3.63, 3.8) is 0 Å². The molecule has 0 saturated heterocycles. The highest BCUT2D eigenvalue weighted by molar-refractivity contribution is 7.92. The first-order chi connectivity index (χ1) is 8.98. The summed E-state index contributed by atoms with van der Waals surface area (Å²) >= 11 is 1.27. The first-order valence-electron chi connectivity index (χ1n) is 5.69. The van der Waals surface area contributed by atoms with E-state index in [2.05, 4.69) is 9.71 Å². The molecule has 0 unspecified atom stereocenters. The average molecular weight is 297 g/mol. The van der Waals surface area contributed by atoms with Gasteiger partial charge in [-0.05, 0) is 18.1 Å². The summed E-state index contributed by atoms with van der Waals surface area (Å²) in [6, 6.07) is 7.24. The minimum Gasteiger partial charge on any atom is -0.326 e. The van der Waals surface area contributed by atoms with Crippen molar-refractivity contribution >= 4 is 26.5 Å². The smallest absolute Gasteiger partial charge is 0.238 e. The molecule has 2 aromatic rings. The lowest BCUT2D eigenvalue weighted by Crippen LogP contribution is -2.15. The third-order valence-corrected chi connectivity index (χ3v) is 4.67. The summed E-state index contributed by atoms with van der Waals surface area (Å²) in [5.74, 6) is -0.0839. The Bertz CT molecular complexity index is 665. The number of aryl methyl sites for hydroxylation is 1. The van der Waals surface area contributed by atoms with Gasteiger partial charge in [0.05, 0.1) is 11.4 Å². The Hall–Kier alpha value is -1.44. The summed E-state index contributed by atoms with van der Waals surface area (Å²) < 4.78 is 26.5. The third-order valence-electron chi connectivity index (χ3n) is 2.45. The molecule has 0 bridgehead atoms. The van der Waals surface area contributed by atoms with Crippen LogP contribution in [-0.4, -0.2) is 13.4 Å². The molecule has 3 N–H and O–H groups in total. The van der Waals surface area contributed by atoms with Gasteiger partial charge in [-0.1, -0.05) is 24.3 Å². The van der Waals surface area contributed by atoms with Crippen LogP contribution in [0.3, 0.4) is 0 Å². The summed E-state index contributed by atoms with van der Waals surface area (Å²) in [6.45, 7) is 2.21. The van der Waals surface area contributed by atoms with Gasteiger partial charge in [0.15, 0.2) is 5.13 Å². The zero-order valence-electron chi connectivity index (χ0n) is 10.5. The Morgan fingerprint density at radius 3 is 2.74 bits per heavy atom. The van der Waals surface area contributed by atoms with Crippen LogP contribution in [0, 0.1) is 6.92 Å². The molecule has 0 fully saturated rings. The van der Waals surface area contributed by atoms with Gasteiger partial charge in [-0.25, -0.2) is 13.4 Å². The lowest BCUT2D eigenvalue weighted by atomic mass is 10.1. The molecule has 0 aliphatic heterocycles. The van der Waals surface area contributed by atoms with Crippen molar-refractivity contribution in [1.82, 2.24) is 4.98 Å². The van der Waals surface area contributed by atoms with Gasteiger partial charge in [0.25, 0.3) is 0 Å². The number of aromatic nitrogens is 1. The SMILES string of the molecule is Cc1csc(NS(=O)(=O)Cc2cccc(CN)c2)n1. The molecule has 1 aromatic carbocycles. The van der Waals surface area contributed by atoms with E-state index in [0.29, 0.717) is 17.2 Å². The summed E-state index contributed by atoms with van der Waals surface area (Å²) in [5, 5.41) is 2.19. The lowest BCUT2D eigenvalue weighted by molar-refractivity contribution is 0.600. The van der Waals surface area contributed by atoms with Crippen LogP contribution < -0.4 is 10.5 Å². The van der Waals surface area contributed by atoms with Crippen molar-refractivity contribution in [3.05, 3.63) is 46.5 Å². The van der Waals surface area contributed by atoms with E-state index >= 15 is 0 Å². The van der Waals surface area contributed by atoms with Crippen LogP contribution in [0.4, 0.5) is 5.13 Å². The number of nitrogens with two attached hydrogens (primary N) is 1. The van der Waals surface area contributed by atoms with Crippen LogP contribution in [0.5, 0.6) is 0 Å². The van der Waals surface area contributed by atoms with Crippen LogP contribution in [0.25, 0.3) is 0 Å². The van der Waals surface area contributed by atoms with Crippen LogP contribution in [0.15, 0.2) is 29.6 Å². The molecular formula is C12H15N3O2S2.